The molecular weight excluding hydrogens is 284 g/mol. The minimum atomic E-state index is 0.686. The second-order valence-corrected chi connectivity index (χ2v) is 5.37. The number of hydrogen-bond donors (Lipinski definition) is 0. The number of benzene rings is 3. The molecule has 1 aliphatic heterocycles. The van der Waals surface area contributed by atoms with Crippen molar-refractivity contribution < 1.29 is 9.15 Å². The van der Waals surface area contributed by atoms with E-state index in [1.807, 2.05) is 36.4 Å². The molecule has 2 nitrogen and oxygen atoms in total. The standard InChI is InChI=1S/C13H10O.C8H6O/c1-2-5-11-10(4-1)7-8-13-12(11)6-3-9-14-13;1-2-4-8-7(3-1)5-6-9-8/h1-8H,9H2;1-6H. The van der Waals surface area contributed by atoms with Gasteiger partial charge in [0.15, 0.2) is 0 Å². The van der Waals surface area contributed by atoms with Gasteiger partial charge in [-0.1, -0.05) is 54.6 Å². The van der Waals surface area contributed by atoms with Crippen LogP contribution in [0, 0.1) is 0 Å². The highest BCUT2D eigenvalue weighted by Gasteiger charge is 2.08. The van der Waals surface area contributed by atoms with Crippen LogP contribution in [-0.2, 0) is 0 Å². The molecule has 0 saturated carbocycles. The molecule has 5 rings (SSSR count). The van der Waals surface area contributed by atoms with Crippen molar-refractivity contribution in [2.75, 3.05) is 6.61 Å². The molecule has 23 heavy (non-hydrogen) atoms. The summed E-state index contributed by atoms with van der Waals surface area (Å²) in [6.07, 6.45) is 5.89. The number of fused-ring (bicyclic) bond motifs is 4. The van der Waals surface area contributed by atoms with Crippen LogP contribution in [0.5, 0.6) is 5.75 Å². The van der Waals surface area contributed by atoms with E-state index in [0.717, 1.165) is 16.7 Å². The molecule has 0 fully saturated rings. The van der Waals surface area contributed by atoms with Crippen molar-refractivity contribution in [1.29, 1.82) is 0 Å². The Morgan fingerprint density at radius 1 is 0.739 bits per heavy atom. The molecule has 1 aliphatic rings. The SMILES string of the molecule is C1=Cc2c(ccc3ccccc23)OC1.c1ccc2occc2c1. The zero-order valence-corrected chi connectivity index (χ0v) is 12.6. The van der Waals surface area contributed by atoms with Crippen LogP contribution in [0.4, 0.5) is 0 Å². The monoisotopic (exact) mass is 300 g/mol. The average Bonchev–Trinajstić information content (AvgIpc) is 3.11. The third kappa shape index (κ3) is 2.71. The van der Waals surface area contributed by atoms with Crippen LogP contribution in [0.25, 0.3) is 27.8 Å². The lowest BCUT2D eigenvalue weighted by Crippen LogP contribution is -2.00. The lowest BCUT2D eigenvalue weighted by Gasteiger charge is -2.14. The molecule has 0 bridgehead atoms. The molecule has 0 spiro atoms. The summed E-state index contributed by atoms with van der Waals surface area (Å²) in [6, 6.07) is 22.4. The number of rotatable bonds is 0. The molecule has 2 heterocycles. The van der Waals surface area contributed by atoms with Crippen LogP contribution < -0.4 is 4.74 Å². The second-order valence-electron chi connectivity index (χ2n) is 5.37. The molecule has 0 radical (unpaired) electrons. The van der Waals surface area contributed by atoms with E-state index in [4.69, 9.17) is 9.15 Å². The van der Waals surface area contributed by atoms with Gasteiger partial charge in [-0.05, 0) is 35.0 Å². The highest BCUT2D eigenvalue weighted by molar-refractivity contribution is 5.93. The van der Waals surface area contributed by atoms with Gasteiger partial charge < -0.3 is 9.15 Å². The Labute approximate surface area is 134 Å². The summed E-state index contributed by atoms with van der Waals surface area (Å²) in [5.74, 6) is 0.992. The number of para-hydroxylation sites is 1. The van der Waals surface area contributed by atoms with Crippen molar-refractivity contribution in [1.82, 2.24) is 0 Å². The van der Waals surface area contributed by atoms with Crippen molar-refractivity contribution >= 4 is 27.8 Å². The molecular formula is C21H16O2. The third-order valence-corrected chi connectivity index (χ3v) is 3.91. The van der Waals surface area contributed by atoms with Gasteiger partial charge in [0, 0.05) is 10.9 Å². The van der Waals surface area contributed by atoms with Gasteiger partial charge in [-0.15, -0.1) is 0 Å². The van der Waals surface area contributed by atoms with E-state index in [0.29, 0.717) is 6.61 Å². The Morgan fingerprint density at radius 3 is 2.48 bits per heavy atom. The molecule has 4 aromatic rings. The van der Waals surface area contributed by atoms with Gasteiger partial charge >= 0.3 is 0 Å². The maximum absolute atomic E-state index is 5.54. The first-order chi connectivity index (χ1) is 11.4. The van der Waals surface area contributed by atoms with Gasteiger partial charge in [-0.3, -0.25) is 0 Å². The Hall–Kier alpha value is -3.00. The first kappa shape index (κ1) is 13.6. The normalized spacial score (nSPS) is 12.3. The van der Waals surface area contributed by atoms with Crippen LogP contribution in [0.2, 0.25) is 0 Å². The van der Waals surface area contributed by atoms with Gasteiger partial charge in [-0.25, -0.2) is 0 Å². The Bertz CT molecular complexity index is 949. The molecule has 0 amide bonds. The Kier molecular flexibility index (Phi) is 3.57. The molecule has 1 aromatic heterocycles. The summed E-state index contributed by atoms with van der Waals surface area (Å²) in [7, 11) is 0. The van der Waals surface area contributed by atoms with Crippen LogP contribution in [0.15, 0.2) is 83.5 Å². The lowest BCUT2D eigenvalue weighted by molar-refractivity contribution is 0.359. The van der Waals surface area contributed by atoms with E-state index in [-0.39, 0.29) is 0 Å². The molecule has 112 valence electrons. The largest absolute Gasteiger partial charge is 0.489 e. The van der Waals surface area contributed by atoms with Crippen molar-refractivity contribution in [2.24, 2.45) is 0 Å². The minimum Gasteiger partial charge on any atom is -0.489 e. The average molecular weight is 300 g/mol. The van der Waals surface area contributed by atoms with E-state index in [2.05, 4.69) is 42.5 Å². The molecule has 0 saturated heterocycles. The smallest absolute Gasteiger partial charge is 0.133 e. The highest BCUT2D eigenvalue weighted by atomic mass is 16.5. The van der Waals surface area contributed by atoms with Gasteiger partial charge in [-0.2, -0.15) is 0 Å². The van der Waals surface area contributed by atoms with Gasteiger partial charge in [0.25, 0.3) is 0 Å². The van der Waals surface area contributed by atoms with Crippen LogP contribution >= 0.6 is 0 Å². The summed E-state index contributed by atoms with van der Waals surface area (Å²) < 4.78 is 10.7. The summed E-state index contributed by atoms with van der Waals surface area (Å²) in [5.41, 5.74) is 2.16. The summed E-state index contributed by atoms with van der Waals surface area (Å²) in [6.45, 7) is 0.686. The minimum absolute atomic E-state index is 0.686. The van der Waals surface area contributed by atoms with E-state index < -0.39 is 0 Å². The van der Waals surface area contributed by atoms with E-state index >= 15 is 0 Å². The first-order valence-electron chi connectivity index (χ1n) is 7.65. The van der Waals surface area contributed by atoms with Crippen LogP contribution in [0.1, 0.15) is 5.56 Å². The fraction of sp³-hybridized carbons (Fsp3) is 0.0476. The molecule has 0 unspecified atom stereocenters. The highest BCUT2D eigenvalue weighted by Crippen LogP contribution is 2.31. The van der Waals surface area contributed by atoms with E-state index in [9.17, 15) is 0 Å². The van der Waals surface area contributed by atoms with Gasteiger partial charge in [0.05, 0.1) is 6.26 Å². The fourth-order valence-corrected chi connectivity index (χ4v) is 2.78. The molecule has 0 atom stereocenters. The fourth-order valence-electron chi connectivity index (χ4n) is 2.78. The number of furan rings is 1. The quantitative estimate of drug-likeness (QED) is 0.417. The Balaban J connectivity index is 0.000000130. The maximum Gasteiger partial charge on any atom is 0.133 e. The summed E-state index contributed by atoms with van der Waals surface area (Å²) in [4.78, 5) is 0. The van der Waals surface area contributed by atoms with Crippen molar-refractivity contribution in [3.63, 3.8) is 0 Å². The summed E-state index contributed by atoms with van der Waals surface area (Å²) >= 11 is 0. The van der Waals surface area contributed by atoms with Crippen molar-refractivity contribution in [3.05, 3.63) is 84.6 Å². The molecule has 0 N–H and O–H groups in total. The van der Waals surface area contributed by atoms with Gasteiger partial charge in [0.1, 0.15) is 17.9 Å². The molecule has 0 aliphatic carbocycles. The predicted octanol–water partition coefficient (Wildman–Crippen LogP) is 5.68. The number of ether oxygens (including phenoxy) is 1. The van der Waals surface area contributed by atoms with E-state index in [1.54, 1.807) is 6.26 Å². The zero-order chi connectivity index (χ0) is 15.5. The third-order valence-electron chi connectivity index (χ3n) is 3.91. The Morgan fingerprint density at radius 2 is 1.57 bits per heavy atom. The first-order valence-corrected chi connectivity index (χ1v) is 7.65. The van der Waals surface area contributed by atoms with Crippen molar-refractivity contribution in [3.8, 4) is 5.75 Å². The predicted molar refractivity (Wildman–Crippen MR) is 94.7 cm³/mol. The van der Waals surface area contributed by atoms with Crippen molar-refractivity contribution in [2.45, 2.75) is 0 Å². The maximum atomic E-state index is 5.54. The summed E-state index contributed by atoms with van der Waals surface area (Å²) in [5, 5.41) is 3.69. The molecule has 2 heteroatoms. The lowest BCUT2D eigenvalue weighted by atomic mass is 10.0. The van der Waals surface area contributed by atoms with Gasteiger partial charge in [0.2, 0.25) is 0 Å². The topological polar surface area (TPSA) is 22.4 Å². The molecule has 3 aromatic carbocycles. The second kappa shape index (κ2) is 6.01. The zero-order valence-electron chi connectivity index (χ0n) is 12.6. The number of hydrogen-bond acceptors (Lipinski definition) is 2. The van der Waals surface area contributed by atoms with Crippen LogP contribution in [0.3, 0.4) is 0 Å². The van der Waals surface area contributed by atoms with E-state index in [1.165, 1.54) is 16.3 Å². The van der Waals surface area contributed by atoms with Crippen LogP contribution in [-0.4, -0.2) is 6.61 Å².